The van der Waals surface area contributed by atoms with E-state index in [9.17, 15) is 18.0 Å². The predicted molar refractivity (Wildman–Crippen MR) is 120 cm³/mol. The van der Waals surface area contributed by atoms with Gasteiger partial charge in [0.15, 0.2) is 0 Å². The fourth-order valence-electron chi connectivity index (χ4n) is 3.26. The van der Waals surface area contributed by atoms with Crippen LogP contribution in [0.1, 0.15) is 22.2 Å². The van der Waals surface area contributed by atoms with Crippen LogP contribution < -0.4 is 15.8 Å². The number of carbonyl (C=O) groups is 1. The first kappa shape index (κ1) is 21.6. The van der Waals surface area contributed by atoms with E-state index >= 15 is 0 Å². The summed E-state index contributed by atoms with van der Waals surface area (Å²) in [5.41, 5.74) is 6.02. The van der Waals surface area contributed by atoms with Gasteiger partial charge in [-0.3, -0.25) is 4.79 Å². The standard InChI is InChI=1S/C23H18F3N3O2S/c1-2-31-15-10-8-14(9-11-15)28-21(30)20-19(27)18-16(23(24,25)26)12-17(29-22(18)32-20)13-6-4-3-5-7-13/h3-12H,2,27H2,1H3,(H,28,30). The molecule has 164 valence electrons. The molecular formula is C23H18F3N3O2S. The molecular weight excluding hydrogens is 439 g/mol. The summed E-state index contributed by atoms with van der Waals surface area (Å²) in [6, 6.07) is 16.1. The molecule has 2 heterocycles. The number of rotatable bonds is 5. The summed E-state index contributed by atoms with van der Waals surface area (Å²) in [7, 11) is 0. The minimum Gasteiger partial charge on any atom is -0.494 e. The smallest absolute Gasteiger partial charge is 0.417 e. The van der Waals surface area contributed by atoms with Crippen molar-refractivity contribution < 1.29 is 22.7 Å². The van der Waals surface area contributed by atoms with Gasteiger partial charge in [0.2, 0.25) is 0 Å². The number of hydrogen-bond acceptors (Lipinski definition) is 5. The van der Waals surface area contributed by atoms with Crippen molar-refractivity contribution in [2.24, 2.45) is 0 Å². The molecule has 3 N–H and O–H groups in total. The highest BCUT2D eigenvalue weighted by molar-refractivity contribution is 7.21. The van der Waals surface area contributed by atoms with Crippen LogP contribution in [0.3, 0.4) is 0 Å². The van der Waals surface area contributed by atoms with Gasteiger partial charge in [-0.2, -0.15) is 13.2 Å². The maximum absolute atomic E-state index is 13.9. The number of aromatic nitrogens is 1. The summed E-state index contributed by atoms with van der Waals surface area (Å²) < 4.78 is 46.9. The van der Waals surface area contributed by atoms with Gasteiger partial charge in [0.25, 0.3) is 5.91 Å². The summed E-state index contributed by atoms with van der Waals surface area (Å²) in [6.45, 7) is 2.36. The van der Waals surface area contributed by atoms with Gasteiger partial charge in [-0.25, -0.2) is 4.98 Å². The maximum Gasteiger partial charge on any atom is 0.417 e. The Morgan fingerprint density at radius 2 is 1.81 bits per heavy atom. The number of pyridine rings is 1. The van der Waals surface area contributed by atoms with Crippen LogP contribution >= 0.6 is 11.3 Å². The topological polar surface area (TPSA) is 77.2 Å². The Morgan fingerprint density at radius 3 is 2.44 bits per heavy atom. The molecule has 4 aromatic rings. The van der Waals surface area contributed by atoms with E-state index in [0.717, 1.165) is 17.4 Å². The second-order valence-electron chi connectivity index (χ2n) is 6.86. The number of ether oxygens (including phenoxy) is 1. The number of halogens is 3. The largest absolute Gasteiger partial charge is 0.494 e. The zero-order valence-corrected chi connectivity index (χ0v) is 17.7. The number of carbonyl (C=O) groups excluding carboxylic acids is 1. The molecule has 5 nitrogen and oxygen atoms in total. The van der Waals surface area contributed by atoms with E-state index in [1.807, 2.05) is 6.92 Å². The normalized spacial score (nSPS) is 11.5. The number of alkyl halides is 3. The number of nitrogens with one attached hydrogen (secondary N) is 1. The van der Waals surface area contributed by atoms with Crippen molar-refractivity contribution in [1.29, 1.82) is 0 Å². The number of benzene rings is 2. The minimum absolute atomic E-state index is 0.0305. The Kier molecular flexibility index (Phi) is 5.75. The maximum atomic E-state index is 13.9. The van der Waals surface area contributed by atoms with Crippen LogP contribution in [0.2, 0.25) is 0 Å². The zero-order valence-electron chi connectivity index (χ0n) is 16.9. The van der Waals surface area contributed by atoms with Crippen LogP contribution in [0.5, 0.6) is 5.75 Å². The van der Waals surface area contributed by atoms with E-state index < -0.39 is 17.6 Å². The van der Waals surface area contributed by atoms with Crippen LogP contribution in [-0.2, 0) is 6.18 Å². The molecule has 32 heavy (non-hydrogen) atoms. The molecule has 0 radical (unpaired) electrons. The van der Waals surface area contributed by atoms with Crippen molar-refractivity contribution >= 4 is 38.8 Å². The number of nitrogens with zero attached hydrogens (tertiary/aromatic N) is 1. The molecule has 0 fully saturated rings. The summed E-state index contributed by atoms with van der Waals surface area (Å²) in [6.07, 6.45) is -4.66. The monoisotopic (exact) mass is 457 g/mol. The minimum atomic E-state index is -4.66. The first-order chi connectivity index (χ1) is 15.3. The second kappa shape index (κ2) is 8.51. The number of hydrogen-bond donors (Lipinski definition) is 2. The first-order valence-electron chi connectivity index (χ1n) is 9.67. The molecule has 2 aromatic carbocycles. The van der Waals surface area contributed by atoms with Crippen LogP contribution in [-0.4, -0.2) is 17.5 Å². The third-order valence-corrected chi connectivity index (χ3v) is 5.80. The highest BCUT2D eigenvalue weighted by atomic mass is 32.1. The lowest BCUT2D eigenvalue weighted by atomic mass is 10.1. The number of thiophene rings is 1. The fraction of sp³-hybridized carbons (Fsp3) is 0.130. The summed E-state index contributed by atoms with van der Waals surface area (Å²) in [5, 5.41) is 2.40. The molecule has 0 bridgehead atoms. The molecule has 0 saturated heterocycles. The summed E-state index contributed by atoms with van der Waals surface area (Å²) >= 11 is 0.829. The average molecular weight is 457 g/mol. The van der Waals surface area contributed by atoms with Crippen molar-refractivity contribution in [1.82, 2.24) is 4.98 Å². The van der Waals surface area contributed by atoms with Gasteiger partial charge in [-0.05, 0) is 37.3 Å². The molecule has 0 aliphatic carbocycles. The Hall–Kier alpha value is -3.59. The van der Waals surface area contributed by atoms with Gasteiger partial charge in [0, 0.05) is 16.6 Å². The molecule has 0 spiro atoms. The highest BCUT2D eigenvalue weighted by Gasteiger charge is 2.36. The Balaban J connectivity index is 1.76. The van der Waals surface area contributed by atoms with Gasteiger partial charge < -0.3 is 15.8 Å². The van der Waals surface area contributed by atoms with Crippen molar-refractivity contribution in [3.8, 4) is 17.0 Å². The lowest BCUT2D eigenvalue weighted by Gasteiger charge is -2.11. The van der Waals surface area contributed by atoms with E-state index in [2.05, 4.69) is 10.3 Å². The number of nitrogen functional groups attached to an aromatic ring is 1. The van der Waals surface area contributed by atoms with Crippen LogP contribution in [0.15, 0.2) is 60.7 Å². The van der Waals surface area contributed by atoms with E-state index in [1.54, 1.807) is 54.6 Å². The fourth-order valence-corrected chi connectivity index (χ4v) is 4.27. The number of fused-ring (bicyclic) bond motifs is 1. The van der Waals surface area contributed by atoms with Gasteiger partial charge in [0.05, 0.1) is 23.6 Å². The Bertz CT molecular complexity index is 1270. The van der Waals surface area contributed by atoms with Crippen LogP contribution in [0.25, 0.3) is 21.5 Å². The molecule has 0 aliphatic heterocycles. The van der Waals surface area contributed by atoms with E-state index in [-0.39, 0.29) is 26.5 Å². The van der Waals surface area contributed by atoms with E-state index in [4.69, 9.17) is 10.5 Å². The molecule has 0 unspecified atom stereocenters. The number of amides is 1. The third kappa shape index (κ3) is 4.24. The molecule has 0 aliphatic rings. The van der Waals surface area contributed by atoms with E-state index in [1.165, 1.54) is 0 Å². The molecule has 9 heteroatoms. The van der Waals surface area contributed by atoms with Crippen molar-refractivity contribution in [3.63, 3.8) is 0 Å². The van der Waals surface area contributed by atoms with Gasteiger partial charge in [-0.15, -0.1) is 11.3 Å². The number of nitrogens with two attached hydrogens (primary N) is 1. The lowest BCUT2D eigenvalue weighted by Crippen LogP contribution is -2.12. The van der Waals surface area contributed by atoms with Crippen LogP contribution in [0.4, 0.5) is 24.5 Å². The molecule has 0 atom stereocenters. The SMILES string of the molecule is CCOc1ccc(NC(=O)c2sc3nc(-c4ccccc4)cc(C(F)(F)F)c3c2N)cc1. The molecule has 4 rings (SSSR count). The summed E-state index contributed by atoms with van der Waals surface area (Å²) in [5.74, 6) is 0.0309. The Labute approximate surface area is 185 Å². The average Bonchev–Trinajstić information content (AvgIpc) is 3.11. The van der Waals surface area contributed by atoms with Gasteiger partial charge in [0.1, 0.15) is 15.5 Å². The van der Waals surface area contributed by atoms with Crippen molar-refractivity contribution in [3.05, 3.63) is 71.1 Å². The van der Waals surface area contributed by atoms with Crippen molar-refractivity contribution in [2.75, 3.05) is 17.7 Å². The lowest BCUT2D eigenvalue weighted by molar-refractivity contribution is -0.136. The Morgan fingerprint density at radius 1 is 1.12 bits per heavy atom. The van der Waals surface area contributed by atoms with Crippen LogP contribution in [0, 0.1) is 0 Å². The molecule has 2 aromatic heterocycles. The zero-order chi connectivity index (χ0) is 22.9. The molecule has 0 saturated carbocycles. The quantitative estimate of drug-likeness (QED) is 0.373. The van der Waals surface area contributed by atoms with Crippen molar-refractivity contribution in [2.45, 2.75) is 13.1 Å². The van der Waals surface area contributed by atoms with Gasteiger partial charge >= 0.3 is 6.18 Å². The third-order valence-electron chi connectivity index (χ3n) is 4.70. The summed E-state index contributed by atoms with van der Waals surface area (Å²) in [4.78, 5) is 17.2. The second-order valence-corrected chi connectivity index (χ2v) is 7.85. The highest BCUT2D eigenvalue weighted by Crippen LogP contribution is 2.43. The predicted octanol–water partition coefficient (Wildman–Crippen LogP) is 6.22. The van der Waals surface area contributed by atoms with Gasteiger partial charge in [-0.1, -0.05) is 30.3 Å². The number of anilines is 2. The molecule has 1 amide bonds. The van der Waals surface area contributed by atoms with E-state index in [0.29, 0.717) is 23.6 Å². The first-order valence-corrected chi connectivity index (χ1v) is 10.5.